The molecule has 4 aromatic rings. The molecule has 3 aromatic carbocycles. The number of benzene rings is 3. The Bertz CT molecular complexity index is 1340. The van der Waals surface area contributed by atoms with Crippen LogP contribution in [0.25, 0.3) is 17.1 Å². The summed E-state index contributed by atoms with van der Waals surface area (Å²) in [6, 6.07) is 19.3. The maximum atomic E-state index is 12.3. The molecule has 0 spiro atoms. The summed E-state index contributed by atoms with van der Waals surface area (Å²) in [6.07, 6.45) is 1.29. The zero-order chi connectivity index (χ0) is 24.1. The Labute approximate surface area is 204 Å². The van der Waals surface area contributed by atoms with Gasteiger partial charge in [0.15, 0.2) is 11.0 Å². The number of aryl methyl sites for hydroxylation is 1. The van der Waals surface area contributed by atoms with E-state index >= 15 is 0 Å². The molecule has 0 aliphatic carbocycles. The Morgan fingerprint density at radius 2 is 1.82 bits per heavy atom. The molecule has 0 atom stereocenters. The number of aromatic nitrogens is 3. The molecule has 0 fully saturated rings. The van der Waals surface area contributed by atoms with Crippen molar-refractivity contribution in [1.29, 1.82) is 0 Å². The molecule has 172 valence electrons. The average Bonchev–Trinajstić information content (AvgIpc) is 3.24. The lowest BCUT2D eigenvalue weighted by molar-refractivity contribution is -0.118. The van der Waals surface area contributed by atoms with E-state index in [1.165, 1.54) is 36.2 Å². The van der Waals surface area contributed by atoms with Crippen molar-refractivity contribution in [2.24, 2.45) is 5.10 Å². The van der Waals surface area contributed by atoms with Gasteiger partial charge in [-0.1, -0.05) is 53.2 Å². The van der Waals surface area contributed by atoms with Gasteiger partial charge >= 0.3 is 0 Å². The van der Waals surface area contributed by atoms with Gasteiger partial charge in [0.25, 0.3) is 5.91 Å². The molecule has 0 bridgehead atoms. The lowest BCUT2D eigenvalue weighted by Crippen LogP contribution is -2.20. The van der Waals surface area contributed by atoms with E-state index in [0.717, 1.165) is 16.8 Å². The second kappa shape index (κ2) is 10.4. The number of hydrogen-bond donors (Lipinski definition) is 3. The minimum absolute atomic E-state index is 0.0402. The standard InChI is InChI=1S/C24H20ClN5O3S/c1-15-2-4-16(5-3-15)23-28-29-24(30(23)19-9-7-18(25)8-10-19)34-14-22(33)27-26-13-17-6-11-20(31)12-21(17)32/h2-13,31-32H,14H2,1H3,(H,27,33)/b26-13-. The first-order valence-corrected chi connectivity index (χ1v) is 11.5. The molecule has 0 aliphatic heterocycles. The van der Waals surface area contributed by atoms with Crippen LogP contribution < -0.4 is 5.43 Å². The molecule has 0 aliphatic rings. The first-order valence-electron chi connectivity index (χ1n) is 10.2. The van der Waals surface area contributed by atoms with Crippen LogP contribution in [-0.4, -0.2) is 42.9 Å². The Balaban J connectivity index is 1.51. The number of hydrogen-bond acceptors (Lipinski definition) is 7. The van der Waals surface area contributed by atoms with E-state index in [-0.39, 0.29) is 23.2 Å². The van der Waals surface area contributed by atoms with Gasteiger partial charge in [0.2, 0.25) is 0 Å². The van der Waals surface area contributed by atoms with Gasteiger partial charge in [-0.05, 0) is 43.3 Å². The third-order valence-electron chi connectivity index (χ3n) is 4.77. The third kappa shape index (κ3) is 5.56. The molecule has 1 aromatic heterocycles. The number of carbonyl (C=O) groups is 1. The number of halogens is 1. The minimum Gasteiger partial charge on any atom is -0.508 e. The Kier molecular flexibility index (Phi) is 7.15. The van der Waals surface area contributed by atoms with Gasteiger partial charge in [-0.15, -0.1) is 10.2 Å². The molecule has 0 radical (unpaired) electrons. The fourth-order valence-corrected chi connectivity index (χ4v) is 3.92. The number of amides is 1. The predicted molar refractivity (Wildman–Crippen MR) is 133 cm³/mol. The van der Waals surface area contributed by atoms with Crippen molar-refractivity contribution in [3.63, 3.8) is 0 Å². The summed E-state index contributed by atoms with van der Waals surface area (Å²) in [4.78, 5) is 12.3. The van der Waals surface area contributed by atoms with Crippen molar-refractivity contribution >= 4 is 35.5 Å². The second-order valence-electron chi connectivity index (χ2n) is 7.31. The molecule has 3 N–H and O–H groups in total. The van der Waals surface area contributed by atoms with Crippen LogP contribution in [0.5, 0.6) is 11.5 Å². The Morgan fingerprint density at radius 3 is 2.53 bits per heavy atom. The summed E-state index contributed by atoms with van der Waals surface area (Å²) in [5, 5.41) is 32.8. The third-order valence-corrected chi connectivity index (χ3v) is 5.95. The number of hydrazone groups is 1. The molecule has 8 nitrogen and oxygen atoms in total. The summed E-state index contributed by atoms with van der Waals surface area (Å²) in [5.74, 6) is 0.114. The van der Waals surface area contributed by atoms with Gasteiger partial charge in [0.05, 0.1) is 12.0 Å². The first kappa shape index (κ1) is 23.3. The predicted octanol–water partition coefficient (Wildman–Crippen LogP) is 4.55. The van der Waals surface area contributed by atoms with E-state index in [4.69, 9.17) is 11.6 Å². The van der Waals surface area contributed by atoms with Crippen molar-refractivity contribution in [1.82, 2.24) is 20.2 Å². The normalized spacial score (nSPS) is 11.1. The van der Waals surface area contributed by atoms with Gasteiger partial charge in [-0.2, -0.15) is 5.10 Å². The van der Waals surface area contributed by atoms with Crippen molar-refractivity contribution in [3.05, 3.63) is 82.9 Å². The summed E-state index contributed by atoms with van der Waals surface area (Å²) < 4.78 is 1.87. The SMILES string of the molecule is Cc1ccc(-c2nnc(SCC(=O)N/N=C\c3ccc(O)cc3O)n2-c2ccc(Cl)cc2)cc1. The fraction of sp³-hybridized carbons (Fsp3) is 0.0833. The molecular weight excluding hydrogens is 474 g/mol. The number of carbonyl (C=O) groups excluding carboxylic acids is 1. The smallest absolute Gasteiger partial charge is 0.250 e. The molecular formula is C24H20ClN5O3S. The van der Waals surface area contributed by atoms with E-state index < -0.39 is 0 Å². The van der Waals surface area contributed by atoms with Crippen molar-refractivity contribution in [2.45, 2.75) is 12.1 Å². The fourth-order valence-electron chi connectivity index (χ4n) is 3.05. The lowest BCUT2D eigenvalue weighted by atomic mass is 10.1. The first-order chi connectivity index (χ1) is 16.4. The highest BCUT2D eigenvalue weighted by Crippen LogP contribution is 2.29. The molecule has 4 rings (SSSR count). The van der Waals surface area contributed by atoms with Gasteiger partial charge in [-0.25, -0.2) is 5.43 Å². The van der Waals surface area contributed by atoms with E-state index in [0.29, 0.717) is 21.6 Å². The van der Waals surface area contributed by atoms with Crippen LogP contribution in [0.4, 0.5) is 0 Å². The highest BCUT2D eigenvalue weighted by Gasteiger charge is 2.17. The van der Waals surface area contributed by atoms with Crippen LogP contribution in [0.2, 0.25) is 5.02 Å². The van der Waals surface area contributed by atoms with E-state index in [9.17, 15) is 15.0 Å². The number of phenolic OH excluding ortho intramolecular Hbond substituents is 2. The molecule has 10 heteroatoms. The van der Waals surface area contributed by atoms with Crippen molar-refractivity contribution < 1.29 is 15.0 Å². The van der Waals surface area contributed by atoms with Crippen LogP contribution in [0.3, 0.4) is 0 Å². The Hall–Kier alpha value is -3.82. The number of nitrogens with one attached hydrogen (secondary N) is 1. The maximum absolute atomic E-state index is 12.3. The van der Waals surface area contributed by atoms with Crippen LogP contribution in [-0.2, 0) is 4.79 Å². The average molecular weight is 494 g/mol. The largest absolute Gasteiger partial charge is 0.508 e. The zero-order valence-electron chi connectivity index (χ0n) is 18.0. The second-order valence-corrected chi connectivity index (χ2v) is 8.69. The van der Waals surface area contributed by atoms with Crippen LogP contribution in [0, 0.1) is 6.92 Å². The highest BCUT2D eigenvalue weighted by molar-refractivity contribution is 7.99. The Morgan fingerprint density at radius 1 is 1.09 bits per heavy atom. The number of thioether (sulfide) groups is 1. The van der Waals surface area contributed by atoms with E-state index in [1.54, 1.807) is 12.1 Å². The highest BCUT2D eigenvalue weighted by atomic mass is 35.5. The molecule has 34 heavy (non-hydrogen) atoms. The summed E-state index contributed by atoms with van der Waals surface area (Å²) >= 11 is 7.27. The van der Waals surface area contributed by atoms with Crippen LogP contribution >= 0.6 is 23.4 Å². The monoisotopic (exact) mass is 493 g/mol. The van der Waals surface area contributed by atoms with Gasteiger partial charge < -0.3 is 10.2 Å². The molecule has 0 unspecified atom stereocenters. The van der Waals surface area contributed by atoms with Crippen molar-refractivity contribution in [2.75, 3.05) is 5.75 Å². The maximum Gasteiger partial charge on any atom is 0.250 e. The van der Waals surface area contributed by atoms with Crippen LogP contribution in [0.15, 0.2) is 77.0 Å². The number of phenols is 2. The van der Waals surface area contributed by atoms with E-state index in [2.05, 4.69) is 20.7 Å². The molecule has 1 heterocycles. The molecule has 0 saturated heterocycles. The number of aromatic hydroxyl groups is 2. The van der Waals surface area contributed by atoms with Gasteiger partial charge in [-0.3, -0.25) is 9.36 Å². The summed E-state index contributed by atoms with van der Waals surface area (Å²) in [7, 11) is 0. The topological polar surface area (TPSA) is 113 Å². The van der Waals surface area contributed by atoms with E-state index in [1.807, 2.05) is 47.9 Å². The number of rotatable bonds is 7. The lowest BCUT2D eigenvalue weighted by Gasteiger charge is -2.10. The number of nitrogens with zero attached hydrogens (tertiary/aromatic N) is 4. The van der Waals surface area contributed by atoms with Gasteiger partial charge in [0.1, 0.15) is 11.5 Å². The summed E-state index contributed by atoms with van der Waals surface area (Å²) in [6.45, 7) is 2.01. The molecule has 0 saturated carbocycles. The van der Waals surface area contributed by atoms with Crippen LogP contribution in [0.1, 0.15) is 11.1 Å². The molecule has 1 amide bonds. The summed E-state index contributed by atoms with van der Waals surface area (Å²) in [5.41, 5.74) is 5.61. The van der Waals surface area contributed by atoms with Gasteiger partial charge in [0, 0.05) is 27.9 Å². The minimum atomic E-state index is -0.359. The quantitative estimate of drug-likeness (QED) is 0.198. The van der Waals surface area contributed by atoms with Crippen molar-refractivity contribution in [3.8, 4) is 28.6 Å². The zero-order valence-corrected chi connectivity index (χ0v) is 19.6.